The fourth-order valence-electron chi connectivity index (χ4n) is 2.09. The SMILES string of the molecule is CCOCCNCCN1CCC(N(C)C)C1. The zero-order chi connectivity index (χ0) is 11.8. The van der Waals surface area contributed by atoms with Crippen molar-refractivity contribution < 1.29 is 4.74 Å². The van der Waals surface area contributed by atoms with Crippen LogP contribution < -0.4 is 5.32 Å². The number of nitrogens with one attached hydrogen (secondary N) is 1. The minimum atomic E-state index is 0.753. The van der Waals surface area contributed by atoms with E-state index in [4.69, 9.17) is 4.74 Å². The molecule has 1 atom stereocenters. The molecule has 1 fully saturated rings. The summed E-state index contributed by atoms with van der Waals surface area (Å²) in [6.45, 7) is 9.36. The van der Waals surface area contributed by atoms with Crippen LogP contribution in [0.1, 0.15) is 13.3 Å². The monoisotopic (exact) mass is 229 g/mol. The summed E-state index contributed by atoms with van der Waals surface area (Å²) in [4.78, 5) is 4.88. The second-order valence-corrected chi connectivity index (χ2v) is 4.65. The van der Waals surface area contributed by atoms with Crippen molar-refractivity contribution in [3.8, 4) is 0 Å². The molecule has 0 bridgehead atoms. The van der Waals surface area contributed by atoms with Gasteiger partial charge in [0.15, 0.2) is 0 Å². The van der Waals surface area contributed by atoms with E-state index in [0.29, 0.717) is 0 Å². The summed E-state index contributed by atoms with van der Waals surface area (Å²) in [5.41, 5.74) is 0. The van der Waals surface area contributed by atoms with Crippen molar-refractivity contribution in [1.82, 2.24) is 15.1 Å². The summed E-state index contributed by atoms with van der Waals surface area (Å²) < 4.78 is 5.27. The van der Waals surface area contributed by atoms with Gasteiger partial charge < -0.3 is 19.9 Å². The van der Waals surface area contributed by atoms with E-state index in [1.165, 1.54) is 19.5 Å². The van der Waals surface area contributed by atoms with Crippen molar-refractivity contribution in [3.63, 3.8) is 0 Å². The number of hydrogen-bond acceptors (Lipinski definition) is 4. The standard InChI is InChI=1S/C12H27N3O/c1-4-16-10-7-13-6-9-15-8-5-12(11-15)14(2)3/h12-13H,4-11H2,1-3H3. The maximum atomic E-state index is 5.27. The average molecular weight is 229 g/mol. The van der Waals surface area contributed by atoms with Crippen LogP contribution in [-0.4, -0.2) is 75.9 Å². The lowest BCUT2D eigenvalue weighted by molar-refractivity contribution is 0.148. The maximum absolute atomic E-state index is 5.27. The molecule has 1 N–H and O–H groups in total. The highest BCUT2D eigenvalue weighted by molar-refractivity contribution is 4.80. The fraction of sp³-hybridized carbons (Fsp3) is 1.00. The summed E-state index contributed by atoms with van der Waals surface area (Å²) in [6.07, 6.45) is 1.31. The molecule has 0 aromatic rings. The number of nitrogens with zero attached hydrogens (tertiary/aromatic N) is 2. The normalized spacial score (nSPS) is 22.1. The van der Waals surface area contributed by atoms with Crippen molar-refractivity contribution in [2.75, 3.05) is 60.0 Å². The van der Waals surface area contributed by atoms with Gasteiger partial charge in [-0.3, -0.25) is 0 Å². The Kier molecular flexibility index (Phi) is 6.96. The molecule has 1 saturated heterocycles. The van der Waals surface area contributed by atoms with Gasteiger partial charge in [0.25, 0.3) is 0 Å². The quantitative estimate of drug-likeness (QED) is 0.604. The molecule has 0 aromatic heterocycles. The van der Waals surface area contributed by atoms with Crippen LogP contribution in [0.5, 0.6) is 0 Å². The number of likely N-dealkylation sites (N-methyl/N-ethyl adjacent to an activating group) is 1. The second kappa shape index (κ2) is 8.01. The number of hydrogen-bond donors (Lipinski definition) is 1. The Morgan fingerprint density at radius 3 is 2.81 bits per heavy atom. The smallest absolute Gasteiger partial charge is 0.0590 e. The lowest BCUT2D eigenvalue weighted by Gasteiger charge is -2.20. The third-order valence-electron chi connectivity index (χ3n) is 3.21. The third kappa shape index (κ3) is 5.25. The average Bonchev–Trinajstić information content (AvgIpc) is 2.72. The first-order chi connectivity index (χ1) is 7.74. The Hall–Kier alpha value is -0.160. The van der Waals surface area contributed by atoms with Gasteiger partial charge in [0.2, 0.25) is 0 Å². The van der Waals surface area contributed by atoms with Gasteiger partial charge in [0.1, 0.15) is 0 Å². The van der Waals surface area contributed by atoms with Crippen LogP contribution in [0.2, 0.25) is 0 Å². The van der Waals surface area contributed by atoms with Gasteiger partial charge in [-0.2, -0.15) is 0 Å². The van der Waals surface area contributed by atoms with Crippen LogP contribution in [0.3, 0.4) is 0 Å². The minimum absolute atomic E-state index is 0.753. The van der Waals surface area contributed by atoms with E-state index in [-0.39, 0.29) is 0 Å². The van der Waals surface area contributed by atoms with Crippen LogP contribution in [0, 0.1) is 0 Å². The van der Waals surface area contributed by atoms with Crippen molar-refractivity contribution >= 4 is 0 Å². The van der Waals surface area contributed by atoms with Crippen LogP contribution in [0.15, 0.2) is 0 Å². The Balaban J connectivity index is 1.94. The maximum Gasteiger partial charge on any atom is 0.0590 e. The molecule has 0 radical (unpaired) electrons. The molecule has 0 aromatic carbocycles. The third-order valence-corrected chi connectivity index (χ3v) is 3.21. The highest BCUT2D eigenvalue weighted by Crippen LogP contribution is 2.11. The van der Waals surface area contributed by atoms with E-state index in [0.717, 1.165) is 38.9 Å². The molecule has 1 heterocycles. The molecular formula is C12H27N3O. The van der Waals surface area contributed by atoms with E-state index < -0.39 is 0 Å². The Bertz CT molecular complexity index is 176. The highest BCUT2D eigenvalue weighted by atomic mass is 16.5. The van der Waals surface area contributed by atoms with Crippen LogP contribution in [-0.2, 0) is 4.74 Å². The number of ether oxygens (including phenoxy) is 1. The predicted octanol–water partition coefficient (Wildman–Crippen LogP) is 0.248. The molecule has 1 aliphatic rings. The van der Waals surface area contributed by atoms with Crippen LogP contribution in [0.4, 0.5) is 0 Å². The van der Waals surface area contributed by atoms with E-state index in [1.807, 2.05) is 6.92 Å². The van der Waals surface area contributed by atoms with Gasteiger partial charge in [-0.25, -0.2) is 0 Å². The molecule has 4 heteroatoms. The zero-order valence-corrected chi connectivity index (χ0v) is 11.0. The number of rotatable bonds is 8. The van der Waals surface area contributed by atoms with Gasteiger partial charge in [-0.15, -0.1) is 0 Å². The van der Waals surface area contributed by atoms with Crippen molar-refractivity contribution in [2.24, 2.45) is 0 Å². The first kappa shape index (κ1) is 13.9. The highest BCUT2D eigenvalue weighted by Gasteiger charge is 2.22. The summed E-state index contributed by atoms with van der Waals surface area (Å²) in [5.74, 6) is 0. The van der Waals surface area contributed by atoms with E-state index in [2.05, 4.69) is 29.2 Å². The molecule has 1 unspecified atom stereocenters. The molecule has 4 nitrogen and oxygen atoms in total. The minimum Gasteiger partial charge on any atom is -0.380 e. The molecule has 96 valence electrons. The van der Waals surface area contributed by atoms with Crippen LogP contribution in [0.25, 0.3) is 0 Å². The molecule has 0 spiro atoms. The van der Waals surface area contributed by atoms with Gasteiger partial charge in [-0.05, 0) is 34.0 Å². The summed E-state index contributed by atoms with van der Waals surface area (Å²) in [6, 6.07) is 0.753. The Morgan fingerprint density at radius 1 is 1.38 bits per heavy atom. The first-order valence-corrected chi connectivity index (χ1v) is 6.41. The topological polar surface area (TPSA) is 27.7 Å². The van der Waals surface area contributed by atoms with Crippen molar-refractivity contribution in [2.45, 2.75) is 19.4 Å². The lowest BCUT2D eigenvalue weighted by Crippen LogP contribution is -2.35. The zero-order valence-electron chi connectivity index (χ0n) is 11.0. The molecule has 0 amide bonds. The first-order valence-electron chi connectivity index (χ1n) is 6.41. The van der Waals surface area contributed by atoms with Gasteiger partial charge in [-0.1, -0.05) is 0 Å². The number of likely N-dealkylation sites (tertiary alicyclic amines) is 1. The van der Waals surface area contributed by atoms with Crippen LogP contribution >= 0.6 is 0 Å². The molecule has 16 heavy (non-hydrogen) atoms. The fourth-order valence-corrected chi connectivity index (χ4v) is 2.09. The van der Waals surface area contributed by atoms with Crippen molar-refractivity contribution in [3.05, 3.63) is 0 Å². The van der Waals surface area contributed by atoms with Gasteiger partial charge >= 0.3 is 0 Å². The molecule has 1 aliphatic heterocycles. The van der Waals surface area contributed by atoms with Gasteiger partial charge in [0.05, 0.1) is 6.61 Å². The summed E-state index contributed by atoms with van der Waals surface area (Å²) in [5, 5.41) is 3.41. The Labute approximate surface area is 99.9 Å². The summed E-state index contributed by atoms with van der Waals surface area (Å²) >= 11 is 0. The van der Waals surface area contributed by atoms with Gasteiger partial charge in [0, 0.05) is 38.8 Å². The second-order valence-electron chi connectivity index (χ2n) is 4.65. The van der Waals surface area contributed by atoms with Crippen molar-refractivity contribution in [1.29, 1.82) is 0 Å². The van der Waals surface area contributed by atoms with E-state index in [9.17, 15) is 0 Å². The predicted molar refractivity (Wildman–Crippen MR) is 67.9 cm³/mol. The molecule has 0 saturated carbocycles. The van der Waals surface area contributed by atoms with E-state index in [1.54, 1.807) is 0 Å². The molecular weight excluding hydrogens is 202 g/mol. The molecule has 1 rings (SSSR count). The lowest BCUT2D eigenvalue weighted by atomic mass is 10.2. The summed E-state index contributed by atoms with van der Waals surface area (Å²) in [7, 11) is 4.35. The molecule has 0 aliphatic carbocycles. The van der Waals surface area contributed by atoms with E-state index >= 15 is 0 Å². The Morgan fingerprint density at radius 2 is 2.19 bits per heavy atom. The largest absolute Gasteiger partial charge is 0.380 e.